The van der Waals surface area contributed by atoms with Crippen molar-refractivity contribution in [3.63, 3.8) is 0 Å². The van der Waals surface area contributed by atoms with Crippen LogP contribution in [-0.2, 0) is 110 Å². The number of anilines is 2. The zero-order valence-corrected chi connectivity index (χ0v) is 65.2. The van der Waals surface area contributed by atoms with Gasteiger partial charge in [-0.25, -0.2) is 22.3 Å². The second-order valence-electron chi connectivity index (χ2n) is 26.7. The zero-order valence-electron chi connectivity index (χ0n) is 58.5. The Labute approximate surface area is 627 Å². The molecule has 5 aromatic carbocycles. The fourth-order valence-electron chi connectivity index (χ4n) is 14.1. The molecule has 36 nitrogen and oxygen atoms in total. The first-order chi connectivity index (χ1) is 50.4. The summed E-state index contributed by atoms with van der Waals surface area (Å²) in [4.78, 5) is 55.9. The third-order valence-electron chi connectivity index (χ3n) is 19.1. The lowest BCUT2D eigenvalue weighted by atomic mass is 9.74. The minimum absolute atomic E-state index is 0.0826. The number of nitrogens with zero attached hydrogens (tertiary/aromatic N) is 4. The molecule has 1 aromatic heterocycles. The molecule has 3 aliphatic heterocycles. The van der Waals surface area contributed by atoms with Gasteiger partial charge in [0, 0.05) is 66.1 Å². The van der Waals surface area contributed by atoms with Crippen LogP contribution in [0.25, 0.3) is 27.1 Å². The summed E-state index contributed by atoms with van der Waals surface area (Å²) >= 11 is 0. The Bertz CT molecular complexity index is 5600. The van der Waals surface area contributed by atoms with E-state index in [2.05, 4.69) is 14.8 Å². The van der Waals surface area contributed by atoms with Gasteiger partial charge in [0.15, 0.2) is 11.9 Å². The molecule has 12 N–H and O–H groups in total. The van der Waals surface area contributed by atoms with Crippen LogP contribution in [0.15, 0.2) is 139 Å². The van der Waals surface area contributed by atoms with Crippen molar-refractivity contribution in [1.82, 2.24) is 14.9 Å². The molecule has 7 atom stereocenters. The summed E-state index contributed by atoms with van der Waals surface area (Å²) in [5.41, 5.74) is 5.19. The van der Waals surface area contributed by atoms with E-state index in [0.29, 0.717) is 91.1 Å². The van der Waals surface area contributed by atoms with E-state index in [1.54, 1.807) is 73.9 Å². The Hall–Kier alpha value is -6.94. The first-order valence-corrected chi connectivity index (χ1v) is 45.2. The summed E-state index contributed by atoms with van der Waals surface area (Å²) in [7, 11) is -37.1. The van der Waals surface area contributed by atoms with Gasteiger partial charge >= 0.3 is 21.3 Å². The van der Waals surface area contributed by atoms with Gasteiger partial charge in [-0.3, -0.25) is 45.7 Å². The number of phosphoric ester groups is 2. The van der Waals surface area contributed by atoms with Crippen molar-refractivity contribution >= 4 is 132 Å². The fourth-order valence-corrected chi connectivity index (χ4v) is 19.1. The Kier molecular flexibility index (Phi) is 26.1. The van der Waals surface area contributed by atoms with E-state index in [1.807, 2.05) is 12.1 Å². The average molecular weight is 1680 g/mol. The van der Waals surface area contributed by atoms with Crippen LogP contribution in [0.3, 0.4) is 0 Å². The maximum atomic E-state index is 13.0. The molecule has 0 aliphatic carbocycles. The summed E-state index contributed by atoms with van der Waals surface area (Å²) < 4.78 is 262. The van der Waals surface area contributed by atoms with E-state index < -0.39 is 155 Å². The molecule has 4 heterocycles. The molecule has 1 fully saturated rings. The molecule has 3 aliphatic rings. The van der Waals surface area contributed by atoms with Crippen molar-refractivity contribution in [3.8, 4) is 0 Å². The number of aryl methyl sites for hydroxylation is 1. The van der Waals surface area contributed by atoms with Crippen molar-refractivity contribution in [3.05, 3.63) is 148 Å². The minimum atomic E-state index is -5.45. The highest BCUT2D eigenvalue weighted by Gasteiger charge is 2.51. The van der Waals surface area contributed by atoms with Crippen LogP contribution >= 0.6 is 15.6 Å². The SMILES string of the molecule is CN1C(=CC=C(C=CC2=[N+](C)c3ccc4c(S(=O)(=O)O)cc(S(=O)(=O)O)cc4c3C2(C)CCCS(=O)(=O)O)c2ccc(CCCCC(=O)NCCCCCCOP(=O)(O)O[C@H]3[C@@H](O)[C@H](n4ccc(N)nc4=O)O[C@@H]3COP(=O)(O)O)cc2)C(C)(CCCS(=O)(=O)O)c2c1ccc1c(S(=O)(=O)[O-])cc(S(=O)(=O)O)cc21. The molecule has 0 radical (unpaired) electrons. The number of allylic oxidation sites excluding steroid dienone is 6. The number of rotatable bonds is 35. The number of carbonyl (C=O) groups is 1. The highest BCUT2D eigenvalue weighted by Crippen LogP contribution is 2.55. The predicted octanol–water partition coefficient (Wildman–Crippen LogP) is 5.99. The fraction of sp³-hybridized carbons (Fsp3) is 0.415. The number of benzene rings is 5. The van der Waals surface area contributed by atoms with Crippen molar-refractivity contribution in [2.24, 2.45) is 0 Å². The Morgan fingerprint density at radius 2 is 1.31 bits per heavy atom. The summed E-state index contributed by atoms with van der Waals surface area (Å²) in [6.45, 7) is 2.32. The number of fused-ring (bicyclic) bond motifs is 6. The van der Waals surface area contributed by atoms with E-state index in [-0.39, 0.29) is 89.5 Å². The van der Waals surface area contributed by atoms with Crippen LogP contribution in [0, 0.1) is 0 Å². The molecule has 0 spiro atoms. The number of hydrogen-bond acceptors (Lipinski definition) is 25. The van der Waals surface area contributed by atoms with Crippen molar-refractivity contribution in [2.75, 3.05) is 56.0 Å². The smallest absolute Gasteiger partial charge is 0.472 e. The normalized spacial score (nSPS) is 21.3. The molecule has 3 unspecified atom stereocenters. The molecule has 1 saturated heterocycles. The molecule has 0 saturated carbocycles. The van der Waals surface area contributed by atoms with Gasteiger partial charge in [-0.05, 0) is 165 Å². The van der Waals surface area contributed by atoms with Crippen molar-refractivity contribution < 1.29 is 134 Å². The molecule has 6 aromatic rings. The summed E-state index contributed by atoms with van der Waals surface area (Å²) in [5, 5.41) is 13.2. The van der Waals surface area contributed by atoms with Crippen molar-refractivity contribution in [1.29, 1.82) is 0 Å². The first-order valence-electron chi connectivity index (χ1n) is 33.3. The summed E-state index contributed by atoms with van der Waals surface area (Å²) in [6, 6.07) is 17.0. The van der Waals surface area contributed by atoms with Crippen LogP contribution in [0.4, 0.5) is 17.2 Å². The third kappa shape index (κ3) is 20.9. The van der Waals surface area contributed by atoms with Gasteiger partial charge in [0.2, 0.25) is 11.6 Å². The van der Waals surface area contributed by atoms with E-state index in [0.717, 1.165) is 28.5 Å². The zero-order chi connectivity index (χ0) is 80.6. The van der Waals surface area contributed by atoms with Gasteiger partial charge in [0.1, 0.15) is 46.2 Å². The molecular formula is C65H80N6O30P2S6. The number of carbonyl (C=O) groups excluding carboxylic acids is 1. The number of amides is 1. The number of nitrogen functional groups attached to an aromatic ring is 1. The van der Waals surface area contributed by atoms with Gasteiger partial charge in [-0.1, -0.05) is 49.2 Å². The number of aromatic nitrogens is 2. The number of nitrogens with one attached hydrogen (secondary N) is 1. The average Bonchev–Trinajstić information content (AvgIpc) is 1.59. The second kappa shape index (κ2) is 33.0. The van der Waals surface area contributed by atoms with Crippen LogP contribution in [0.2, 0.25) is 0 Å². The monoisotopic (exact) mass is 1680 g/mol. The van der Waals surface area contributed by atoms with E-state index in [9.17, 15) is 116 Å². The second-order valence-corrected chi connectivity index (χ2v) is 38.1. The number of aliphatic hydroxyl groups is 1. The van der Waals surface area contributed by atoms with Crippen LogP contribution in [0.5, 0.6) is 0 Å². The predicted molar refractivity (Wildman–Crippen MR) is 393 cm³/mol. The first kappa shape index (κ1) is 86.1. The van der Waals surface area contributed by atoms with Gasteiger partial charge in [0.25, 0.3) is 50.6 Å². The van der Waals surface area contributed by atoms with Crippen molar-refractivity contribution in [2.45, 2.75) is 146 Å². The Morgan fingerprint density at radius 1 is 0.725 bits per heavy atom. The quantitative estimate of drug-likeness (QED) is 0.00715. The molecule has 1 amide bonds. The third-order valence-corrected chi connectivity index (χ3v) is 25.6. The van der Waals surface area contributed by atoms with Crippen LogP contribution in [-0.4, -0.2) is 187 Å². The number of ether oxygens (including phenoxy) is 1. The maximum Gasteiger partial charge on any atom is 0.472 e. The largest absolute Gasteiger partial charge is 0.744 e. The number of unbranched alkanes of at least 4 members (excludes halogenated alkanes) is 4. The summed E-state index contributed by atoms with van der Waals surface area (Å²) in [6.07, 6.45) is 3.40. The van der Waals surface area contributed by atoms with E-state index in [1.165, 1.54) is 30.3 Å². The molecule has 596 valence electrons. The minimum Gasteiger partial charge on any atom is -0.744 e. The highest BCUT2D eigenvalue weighted by molar-refractivity contribution is 7.87. The van der Waals surface area contributed by atoms with Crippen LogP contribution < -0.4 is 21.6 Å². The number of nitrogens with two attached hydrogens (primary N) is 1. The number of phosphoric acid groups is 2. The topological polar surface area (TPSA) is 577 Å². The molecule has 9 rings (SSSR count). The lowest BCUT2D eigenvalue weighted by Gasteiger charge is -2.29. The van der Waals surface area contributed by atoms with Gasteiger partial charge in [-0.15, -0.1) is 0 Å². The maximum absolute atomic E-state index is 13.0. The van der Waals surface area contributed by atoms with E-state index in [4.69, 9.17) is 19.5 Å². The lowest BCUT2D eigenvalue weighted by Crippen LogP contribution is -2.37. The van der Waals surface area contributed by atoms with Gasteiger partial charge in [0.05, 0.1) is 44.8 Å². The van der Waals surface area contributed by atoms with Gasteiger partial charge in [-0.2, -0.15) is 51.6 Å². The van der Waals surface area contributed by atoms with E-state index >= 15 is 0 Å². The Balaban J connectivity index is 0.946. The van der Waals surface area contributed by atoms with Gasteiger partial charge < -0.3 is 45.0 Å². The highest BCUT2D eigenvalue weighted by atomic mass is 32.2. The number of hydrogen-bond donors (Lipinski definition) is 11. The molecule has 44 heteroatoms. The molecule has 0 bridgehead atoms. The number of likely N-dealkylation sites (N-methyl/N-ethyl adjacent to an activating group) is 1. The summed E-state index contributed by atoms with van der Waals surface area (Å²) in [5.74, 6) is -1.94. The molecule has 109 heavy (non-hydrogen) atoms. The lowest BCUT2D eigenvalue weighted by molar-refractivity contribution is -0.401. The van der Waals surface area contributed by atoms with Crippen LogP contribution in [0.1, 0.15) is 113 Å². The number of aliphatic hydroxyl groups excluding tert-OH is 1. The molecular weight excluding hydrogens is 1600 g/mol. The Morgan fingerprint density at radius 3 is 1.90 bits per heavy atom. The standard InChI is InChI=1S/C65H80N6O30P2S6/c1-64(28-11-33-104(80,81)82)54(69(3)49-23-21-45-47(58(49)64)35-43(106(86,87)88)37-52(45)108(92,93)94)25-19-42(20-26-55-65(2,29-12-34-105(83,84)85)59-48-36-44(107(89,90)91)38-53(109(95,96)97)46(48)22-24-50(59)70(55)4)41-17-15-40(16-18-41)13-7-8-14-57(72)67-30-9-5-6-10-32-98-103(78,79)101-61-51(39-99-102(75,76)77)100-62(60(61)73)71-31-27-56(66)68-63(71)74/h15-27,31,35-38,51,60-62,73H,5-14,28-30,32-34,39H2,1-4H3,(H11-,66,67,68,72,74,75,76,77,78,79,80,81,82,83,84,85,86,87,88,89,90,91,92,93,94,95,96,97)/t51-,60-,61-,62-,64?,65?/m1/s1.